The summed E-state index contributed by atoms with van der Waals surface area (Å²) in [6.45, 7) is 4.59. The van der Waals surface area contributed by atoms with Crippen LogP contribution in [-0.4, -0.2) is 59.5 Å². The van der Waals surface area contributed by atoms with Gasteiger partial charge in [0.1, 0.15) is 6.07 Å². The van der Waals surface area contributed by atoms with E-state index in [1.165, 1.54) is 16.4 Å². The van der Waals surface area contributed by atoms with Gasteiger partial charge in [-0.05, 0) is 26.0 Å². The predicted molar refractivity (Wildman–Crippen MR) is 98.5 cm³/mol. The lowest BCUT2D eigenvalue weighted by Gasteiger charge is -2.34. The molecule has 8 nitrogen and oxygen atoms in total. The number of carbonyl (C=O) groups excluding carboxylic acids is 1. The molecule has 0 spiro atoms. The average Bonchev–Trinajstić information content (AvgIpc) is 2.93. The fraction of sp³-hybridized carbons (Fsp3) is 0.389. The third-order valence-corrected chi connectivity index (χ3v) is 6.83. The second-order valence-electron chi connectivity index (χ2n) is 6.47. The van der Waals surface area contributed by atoms with Crippen molar-refractivity contribution in [2.45, 2.75) is 18.7 Å². The van der Waals surface area contributed by atoms with Crippen molar-refractivity contribution in [3.8, 4) is 6.07 Å². The van der Waals surface area contributed by atoms with E-state index in [0.29, 0.717) is 24.3 Å². The highest BCUT2D eigenvalue weighted by molar-refractivity contribution is 7.89. The number of aryl methyl sites for hydroxylation is 2. The summed E-state index contributed by atoms with van der Waals surface area (Å²) in [6.07, 6.45) is 0. The Labute approximate surface area is 158 Å². The van der Waals surface area contributed by atoms with Gasteiger partial charge in [0.15, 0.2) is 0 Å². The van der Waals surface area contributed by atoms with Gasteiger partial charge in [0.2, 0.25) is 10.0 Å². The molecule has 0 N–H and O–H groups in total. The molecular weight excluding hydrogens is 366 g/mol. The largest absolute Gasteiger partial charge is 0.336 e. The first-order valence-electron chi connectivity index (χ1n) is 8.56. The monoisotopic (exact) mass is 387 g/mol. The summed E-state index contributed by atoms with van der Waals surface area (Å²) in [4.78, 5) is 14.5. The highest BCUT2D eigenvalue weighted by Crippen LogP contribution is 2.22. The quantitative estimate of drug-likeness (QED) is 0.784. The Morgan fingerprint density at radius 3 is 2.33 bits per heavy atom. The topological polar surface area (TPSA) is 99.3 Å². The lowest BCUT2D eigenvalue weighted by molar-refractivity contribution is 0.0696. The van der Waals surface area contributed by atoms with Crippen molar-refractivity contribution in [3.63, 3.8) is 0 Å². The lowest BCUT2D eigenvalue weighted by Crippen LogP contribution is -2.50. The Morgan fingerprint density at radius 2 is 1.78 bits per heavy atom. The molecule has 0 aliphatic carbocycles. The van der Waals surface area contributed by atoms with Crippen molar-refractivity contribution in [2.24, 2.45) is 7.05 Å². The number of nitrogens with zero attached hydrogens (tertiary/aromatic N) is 5. The molecule has 0 saturated carbocycles. The highest BCUT2D eigenvalue weighted by atomic mass is 32.2. The molecule has 0 radical (unpaired) electrons. The van der Waals surface area contributed by atoms with Gasteiger partial charge in [-0.3, -0.25) is 9.48 Å². The van der Waals surface area contributed by atoms with E-state index < -0.39 is 10.0 Å². The zero-order valence-electron chi connectivity index (χ0n) is 15.5. The molecule has 2 heterocycles. The van der Waals surface area contributed by atoms with Crippen molar-refractivity contribution in [1.29, 1.82) is 5.26 Å². The van der Waals surface area contributed by atoms with Crippen LogP contribution in [0.15, 0.2) is 29.2 Å². The molecule has 9 heteroatoms. The molecule has 1 fully saturated rings. The molecule has 1 amide bonds. The number of rotatable bonds is 3. The first-order chi connectivity index (χ1) is 12.8. The number of carbonyl (C=O) groups is 1. The SMILES string of the molecule is Cc1nn(C)c(C)c1C(=O)N1CCN(S(=O)(=O)c2ccccc2C#N)CC1. The summed E-state index contributed by atoms with van der Waals surface area (Å²) in [6, 6.07) is 8.08. The van der Waals surface area contributed by atoms with E-state index in [9.17, 15) is 18.5 Å². The molecule has 142 valence electrons. The Hall–Kier alpha value is -2.70. The maximum Gasteiger partial charge on any atom is 0.257 e. The van der Waals surface area contributed by atoms with E-state index >= 15 is 0 Å². The number of benzene rings is 1. The van der Waals surface area contributed by atoms with Crippen molar-refractivity contribution in [3.05, 3.63) is 46.8 Å². The minimum atomic E-state index is -3.77. The molecule has 1 aliphatic rings. The number of aromatic nitrogens is 2. The molecule has 27 heavy (non-hydrogen) atoms. The van der Waals surface area contributed by atoms with Crippen LogP contribution in [-0.2, 0) is 17.1 Å². The summed E-state index contributed by atoms with van der Waals surface area (Å²) >= 11 is 0. The third-order valence-electron chi connectivity index (χ3n) is 4.87. The van der Waals surface area contributed by atoms with Gasteiger partial charge in [0, 0.05) is 38.9 Å². The van der Waals surface area contributed by atoms with Gasteiger partial charge >= 0.3 is 0 Å². The van der Waals surface area contributed by atoms with E-state index in [0.717, 1.165) is 5.69 Å². The molecule has 1 aromatic heterocycles. The normalized spacial score (nSPS) is 15.6. The summed E-state index contributed by atoms with van der Waals surface area (Å²) in [5.74, 6) is -0.132. The number of sulfonamides is 1. The number of hydrogen-bond acceptors (Lipinski definition) is 5. The number of piperazine rings is 1. The summed E-state index contributed by atoms with van der Waals surface area (Å²) in [7, 11) is -1.99. The number of hydrogen-bond donors (Lipinski definition) is 0. The minimum Gasteiger partial charge on any atom is -0.336 e. The van der Waals surface area contributed by atoms with Gasteiger partial charge in [0.05, 0.1) is 21.7 Å². The lowest BCUT2D eigenvalue weighted by atomic mass is 10.1. The molecule has 1 aromatic carbocycles. The van der Waals surface area contributed by atoms with Crippen LogP contribution in [0.3, 0.4) is 0 Å². The Bertz CT molecular complexity index is 1030. The van der Waals surface area contributed by atoms with Gasteiger partial charge in [-0.25, -0.2) is 8.42 Å². The van der Waals surface area contributed by atoms with Crippen LogP contribution in [0.1, 0.15) is 27.3 Å². The third kappa shape index (κ3) is 3.34. The van der Waals surface area contributed by atoms with Crippen LogP contribution in [0.5, 0.6) is 0 Å². The Balaban J connectivity index is 1.77. The van der Waals surface area contributed by atoms with Gasteiger partial charge < -0.3 is 4.90 Å². The maximum absolute atomic E-state index is 12.9. The van der Waals surface area contributed by atoms with E-state index in [1.54, 1.807) is 35.7 Å². The van der Waals surface area contributed by atoms with Crippen LogP contribution >= 0.6 is 0 Å². The molecular formula is C18H21N5O3S. The second-order valence-corrected chi connectivity index (χ2v) is 8.38. The van der Waals surface area contributed by atoms with E-state index in [1.807, 2.05) is 13.0 Å². The van der Waals surface area contributed by atoms with Gasteiger partial charge in [-0.15, -0.1) is 0 Å². The summed E-state index contributed by atoms with van der Waals surface area (Å²) < 4.78 is 28.8. The molecule has 2 aromatic rings. The molecule has 1 saturated heterocycles. The fourth-order valence-corrected chi connectivity index (χ4v) is 4.86. The molecule has 3 rings (SSSR count). The first kappa shape index (κ1) is 19.1. The standard InChI is InChI=1S/C18H21N5O3S/c1-13-17(14(2)21(3)20-13)18(24)22-8-10-23(11-9-22)27(25,26)16-7-5-4-6-15(16)12-19/h4-7H,8-11H2,1-3H3. The average molecular weight is 387 g/mol. The smallest absolute Gasteiger partial charge is 0.257 e. The van der Waals surface area contributed by atoms with Crippen LogP contribution in [0, 0.1) is 25.2 Å². The molecule has 0 atom stereocenters. The zero-order chi connectivity index (χ0) is 19.8. The van der Waals surface area contributed by atoms with Crippen molar-refractivity contribution >= 4 is 15.9 Å². The molecule has 1 aliphatic heterocycles. The van der Waals surface area contributed by atoms with Crippen LogP contribution in [0.2, 0.25) is 0 Å². The Morgan fingerprint density at radius 1 is 1.15 bits per heavy atom. The number of nitriles is 1. The number of amides is 1. The van der Waals surface area contributed by atoms with Crippen molar-refractivity contribution < 1.29 is 13.2 Å². The van der Waals surface area contributed by atoms with Gasteiger partial charge in [0.25, 0.3) is 5.91 Å². The van der Waals surface area contributed by atoms with Gasteiger partial charge in [-0.2, -0.15) is 14.7 Å². The van der Waals surface area contributed by atoms with Crippen LogP contribution in [0.25, 0.3) is 0 Å². The Kier molecular flexibility index (Phi) is 5.04. The first-order valence-corrected chi connectivity index (χ1v) is 10.00. The summed E-state index contributed by atoms with van der Waals surface area (Å²) in [5.41, 5.74) is 2.15. The van der Waals surface area contributed by atoms with Crippen LogP contribution < -0.4 is 0 Å². The fourth-order valence-electron chi connectivity index (χ4n) is 3.30. The van der Waals surface area contributed by atoms with Crippen molar-refractivity contribution in [2.75, 3.05) is 26.2 Å². The van der Waals surface area contributed by atoms with E-state index in [2.05, 4.69) is 5.10 Å². The van der Waals surface area contributed by atoms with E-state index in [-0.39, 0.29) is 29.5 Å². The van der Waals surface area contributed by atoms with Crippen LogP contribution in [0.4, 0.5) is 0 Å². The highest BCUT2D eigenvalue weighted by Gasteiger charge is 2.33. The van der Waals surface area contributed by atoms with E-state index in [4.69, 9.17) is 0 Å². The van der Waals surface area contributed by atoms with Gasteiger partial charge in [-0.1, -0.05) is 12.1 Å². The predicted octanol–water partition coefficient (Wildman–Crippen LogP) is 1.06. The second kappa shape index (κ2) is 7.13. The molecule has 0 bridgehead atoms. The maximum atomic E-state index is 12.9. The minimum absolute atomic E-state index is 0.00576. The van der Waals surface area contributed by atoms with Crippen molar-refractivity contribution in [1.82, 2.24) is 19.0 Å². The zero-order valence-corrected chi connectivity index (χ0v) is 16.3. The molecule has 0 unspecified atom stereocenters. The summed E-state index contributed by atoms with van der Waals surface area (Å²) in [5, 5.41) is 13.5.